The van der Waals surface area contributed by atoms with E-state index in [-0.39, 0.29) is 17.3 Å². The Balaban J connectivity index is 1.63. The van der Waals surface area contributed by atoms with E-state index < -0.39 is 39.7 Å². The van der Waals surface area contributed by atoms with E-state index in [0.29, 0.717) is 24.6 Å². The van der Waals surface area contributed by atoms with E-state index in [1.54, 1.807) is 14.2 Å². The molecular weight excluding hydrogens is 551 g/mol. The van der Waals surface area contributed by atoms with E-state index in [2.05, 4.69) is 10.2 Å². The van der Waals surface area contributed by atoms with Gasteiger partial charge in [0.25, 0.3) is 5.91 Å². The zero-order chi connectivity index (χ0) is 29.9. The third kappa shape index (κ3) is 6.77. The zero-order valence-electron chi connectivity index (χ0n) is 23.2. The molecule has 2 amide bonds. The van der Waals surface area contributed by atoms with E-state index in [0.717, 1.165) is 33.8 Å². The van der Waals surface area contributed by atoms with Crippen molar-refractivity contribution in [3.05, 3.63) is 89.2 Å². The van der Waals surface area contributed by atoms with Gasteiger partial charge >= 0.3 is 0 Å². The van der Waals surface area contributed by atoms with Gasteiger partial charge in [-0.25, -0.2) is 12.8 Å². The third-order valence-electron chi connectivity index (χ3n) is 6.98. The fraction of sp³-hybridized carbons (Fsp3) is 0.310. The topological polar surface area (TPSA) is 131 Å². The minimum Gasteiger partial charge on any atom is -0.497 e. The highest BCUT2D eigenvalue weighted by Crippen LogP contribution is 2.37. The fourth-order valence-electron chi connectivity index (χ4n) is 4.89. The van der Waals surface area contributed by atoms with Crippen molar-refractivity contribution in [3.63, 3.8) is 0 Å². The van der Waals surface area contributed by atoms with Gasteiger partial charge in [0.15, 0.2) is 0 Å². The number of amides is 2. The molecule has 0 saturated carbocycles. The lowest BCUT2D eigenvalue weighted by atomic mass is 9.92. The second kappa shape index (κ2) is 12.1. The molecule has 1 atom stereocenters. The summed E-state index contributed by atoms with van der Waals surface area (Å²) >= 11 is 0. The Kier molecular flexibility index (Phi) is 8.83. The first-order valence-corrected chi connectivity index (χ1v) is 14.7. The smallest absolute Gasteiger partial charge is 0.252 e. The number of rotatable bonds is 11. The summed E-state index contributed by atoms with van der Waals surface area (Å²) in [5.41, 5.74) is 7.05. The summed E-state index contributed by atoms with van der Waals surface area (Å²) in [4.78, 5) is 26.1. The molecule has 1 aliphatic rings. The van der Waals surface area contributed by atoms with Crippen molar-refractivity contribution >= 4 is 27.5 Å². The Morgan fingerprint density at radius 2 is 1.49 bits per heavy atom. The van der Waals surface area contributed by atoms with Gasteiger partial charge in [-0.15, -0.1) is 0 Å². The van der Waals surface area contributed by atoms with Crippen molar-refractivity contribution in [1.82, 2.24) is 10.2 Å². The number of nitrogens with two attached hydrogens (primary N) is 1. The van der Waals surface area contributed by atoms with Crippen molar-refractivity contribution in [2.24, 2.45) is 5.73 Å². The molecule has 1 fully saturated rings. The standard InChI is InChI=1S/C29H33FN4O6S/c1-18(28(31)35)32-29(36)21-13-22(30)15-23(14-21)34(41(4,37)38)24-16-33(17-24)27(19-5-9-25(39-2)10-6-19)20-7-11-26(40-3)12-8-20/h5-15,18,24,27H,16-17H2,1-4H3,(H2,31,35)(H,32,36)/t18-/m0/s1. The van der Waals surface area contributed by atoms with Gasteiger partial charge in [0.05, 0.1) is 38.2 Å². The molecule has 1 aliphatic heterocycles. The number of sulfonamides is 1. The number of carbonyl (C=O) groups is 2. The number of hydrogen-bond acceptors (Lipinski definition) is 7. The predicted octanol–water partition coefficient (Wildman–Crippen LogP) is 2.69. The average Bonchev–Trinajstić information content (AvgIpc) is 2.91. The molecule has 1 saturated heterocycles. The van der Waals surface area contributed by atoms with Crippen molar-refractivity contribution in [2.75, 3.05) is 37.9 Å². The second-order valence-corrected chi connectivity index (χ2v) is 11.8. The highest BCUT2D eigenvalue weighted by atomic mass is 32.2. The van der Waals surface area contributed by atoms with Crippen LogP contribution in [0.15, 0.2) is 66.7 Å². The molecule has 41 heavy (non-hydrogen) atoms. The van der Waals surface area contributed by atoms with Gasteiger partial charge < -0.3 is 20.5 Å². The molecule has 3 aromatic carbocycles. The normalized spacial score (nSPS) is 14.7. The van der Waals surface area contributed by atoms with Crippen molar-refractivity contribution < 1.29 is 31.9 Å². The first-order chi connectivity index (χ1) is 19.4. The lowest BCUT2D eigenvalue weighted by Crippen LogP contribution is -2.61. The number of nitrogens with one attached hydrogen (secondary N) is 1. The first kappa shape index (κ1) is 29.8. The van der Waals surface area contributed by atoms with Gasteiger partial charge in [-0.1, -0.05) is 24.3 Å². The third-order valence-corrected chi connectivity index (χ3v) is 8.20. The Morgan fingerprint density at radius 1 is 0.976 bits per heavy atom. The minimum atomic E-state index is -3.87. The Labute approximate surface area is 238 Å². The molecule has 3 aromatic rings. The van der Waals surface area contributed by atoms with Crippen LogP contribution in [-0.4, -0.2) is 70.8 Å². The molecule has 0 radical (unpaired) electrons. The number of primary amides is 1. The molecule has 12 heteroatoms. The number of ether oxygens (including phenoxy) is 2. The van der Waals surface area contributed by atoms with Gasteiger partial charge in [0, 0.05) is 18.7 Å². The largest absolute Gasteiger partial charge is 0.497 e. The number of carbonyl (C=O) groups excluding carboxylic acids is 2. The molecular formula is C29H33FN4O6S. The number of likely N-dealkylation sites (tertiary alicyclic amines) is 1. The van der Waals surface area contributed by atoms with E-state index in [1.165, 1.54) is 13.0 Å². The Bertz CT molecular complexity index is 1460. The summed E-state index contributed by atoms with van der Waals surface area (Å²) in [6.45, 7) is 2.08. The van der Waals surface area contributed by atoms with E-state index in [4.69, 9.17) is 15.2 Å². The highest BCUT2D eigenvalue weighted by molar-refractivity contribution is 7.92. The van der Waals surface area contributed by atoms with Crippen molar-refractivity contribution in [3.8, 4) is 11.5 Å². The van der Waals surface area contributed by atoms with Gasteiger partial charge in [-0.05, 0) is 60.5 Å². The van der Waals surface area contributed by atoms with Crippen LogP contribution in [0.4, 0.5) is 10.1 Å². The van der Waals surface area contributed by atoms with Crippen molar-refractivity contribution in [1.29, 1.82) is 0 Å². The highest BCUT2D eigenvalue weighted by Gasteiger charge is 2.41. The number of nitrogens with zero attached hydrogens (tertiary/aromatic N) is 2. The summed E-state index contributed by atoms with van der Waals surface area (Å²) in [6.07, 6.45) is 1.04. The van der Waals surface area contributed by atoms with Crippen LogP contribution in [0, 0.1) is 5.82 Å². The van der Waals surface area contributed by atoms with Crippen LogP contribution in [0.3, 0.4) is 0 Å². The quantitative estimate of drug-likeness (QED) is 0.354. The monoisotopic (exact) mass is 584 g/mol. The molecule has 4 rings (SSSR count). The minimum absolute atomic E-state index is 0.0134. The van der Waals surface area contributed by atoms with Crippen LogP contribution < -0.4 is 24.8 Å². The van der Waals surface area contributed by atoms with E-state index in [9.17, 15) is 22.4 Å². The fourth-order valence-corrected chi connectivity index (χ4v) is 6.05. The van der Waals surface area contributed by atoms with Crippen LogP contribution in [0.5, 0.6) is 11.5 Å². The summed E-state index contributed by atoms with van der Waals surface area (Å²) in [7, 11) is -0.683. The van der Waals surface area contributed by atoms with E-state index >= 15 is 0 Å². The lowest BCUT2D eigenvalue weighted by Gasteiger charge is -2.48. The first-order valence-electron chi connectivity index (χ1n) is 12.8. The molecule has 3 N–H and O–H groups in total. The number of methoxy groups -OCH3 is 2. The van der Waals surface area contributed by atoms with Gasteiger partial charge in [0.1, 0.15) is 23.4 Å². The summed E-state index contributed by atoms with van der Waals surface area (Å²) in [5, 5.41) is 2.39. The maximum Gasteiger partial charge on any atom is 0.252 e. The Morgan fingerprint density at radius 3 is 1.93 bits per heavy atom. The summed E-state index contributed by atoms with van der Waals surface area (Å²) in [5.74, 6) is -0.879. The van der Waals surface area contributed by atoms with E-state index in [1.807, 2.05) is 48.5 Å². The molecule has 0 aromatic heterocycles. The van der Waals surface area contributed by atoms with Crippen LogP contribution in [0.2, 0.25) is 0 Å². The van der Waals surface area contributed by atoms with Crippen LogP contribution in [0.1, 0.15) is 34.5 Å². The summed E-state index contributed by atoms with van der Waals surface area (Å²) in [6, 6.07) is 16.9. The number of hydrogen-bond donors (Lipinski definition) is 2. The van der Waals surface area contributed by atoms with Gasteiger partial charge in [-0.3, -0.25) is 18.8 Å². The predicted molar refractivity (Wildman–Crippen MR) is 153 cm³/mol. The molecule has 0 spiro atoms. The molecule has 0 aliphatic carbocycles. The number of anilines is 1. The maximum atomic E-state index is 14.7. The second-order valence-electron chi connectivity index (χ2n) is 9.91. The summed E-state index contributed by atoms with van der Waals surface area (Å²) < 4.78 is 52.4. The van der Waals surface area contributed by atoms with Gasteiger partial charge in [-0.2, -0.15) is 0 Å². The molecule has 1 heterocycles. The van der Waals surface area contributed by atoms with Crippen molar-refractivity contribution in [2.45, 2.75) is 25.0 Å². The number of halogens is 1. The lowest BCUT2D eigenvalue weighted by molar-refractivity contribution is -0.119. The number of benzene rings is 3. The average molecular weight is 585 g/mol. The molecule has 0 bridgehead atoms. The van der Waals surface area contributed by atoms with Gasteiger partial charge in [0.2, 0.25) is 15.9 Å². The maximum absolute atomic E-state index is 14.7. The van der Waals surface area contributed by atoms with Crippen LogP contribution in [0.25, 0.3) is 0 Å². The SMILES string of the molecule is COc1ccc(C(c2ccc(OC)cc2)N2CC(N(c3cc(F)cc(C(=O)N[C@@H](C)C(N)=O)c3)S(C)(=O)=O)C2)cc1. The molecule has 0 unspecified atom stereocenters. The molecule has 10 nitrogen and oxygen atoms in total. The molecule has 218 valence electrons. The van der Waals surface area contributed by atoms with Crippen LogP contribution in [-0.2, 0) is 14.8 Å². The Hall–Kier alpha value is -4.16. The zero-order valence-corrected chi connectivity index (χ0v) is 24.0. The van der Waals surface area contributed by atoms with Crippen LogP contribution >= 0.6 is 0 Å².